The summed E-state index contributed by atoms with van der Waals surface area (Å²) in [6.45, 7) is 5.24. The van der Waals surface area contributed by atoms with E-state index in [1.165, 1.54) is 16.7 Å². The Hall–Kier alpha value is -1.58. The molecular formula is C16H22N2O. The van der Waals surface area contributed by atoms with Gasteiger partial charge in [0.15, 0.2) is 0 Å². The van der Waals surface area contributed by atoms with E-state index in [1.807, 2.05) is 14.0 Å². The molecule has 1 heterocycles. The summed E-state index contributed by atoms with van der Waals surface area (Å²) in [7, 11) is 2.04. The van der Waals surface area contributed by atoms with Crippen LogP contribution in [-0.4, -0.2) is 11.2 Å². The number of aryl methyl sites for hydroxylation is 1. The van der Waals surface area contributed by atoms with E-state index in [2.05, 4.69) is 52.6 Å². The fraction of sp³-hybridized carbons (Fsp3) is 0.375. The third-order valence-electron chi connectivity index (χ3n) is 3.12. The van der Waals surface area contributed by atoms with Crippen molar-refractivity contribution < 1.29 is 4.74 Å². The fourth-order valence-corrected chi connectivity index (χ4v) is 2.09. The zero-order valence-electron chi connectivity index (χ0n) is 11.7. The Morgan fingerprint density at radius 2 is 1.89 bits per heavy atom. The van der Waals surface area contributed by atoms with Gasteiger partial charge in [-0.05, 0) is 29.7 Å². The Morgan fingerprint density at radius 3 is 2.58 bits per heavy atom. The van der Waals surface area contributed by atoms with Gasteiger partial charge in [0.1, 0.15) is 0 Å². The minimum Gasteiger partial charge on any atom is -0.377 e. The van der Waals surface area contributed by atoms with Crippen LogP contribution in [0.5, 0.6) is 0 Å². The Morgan fingerprint density at radius 1 is 1.11 bits per heavy atom. The highest BCUT2D eigenvalue weighted by atomic mass is 16.5. The summed E-state index contributed by atoms with van der Waals surface area (Å²) in [5.41, 5.74) is 3.89. The third-order valence-corrected chi connectivity index (χ3v) is 3.12. The van der Waals surface area contributed by atoms with Gasteiger partial charge in [-0.3, -0.25) is 0 Å². The highest BCUT2D eigenvalue weighted by Crippen LogP contribution is 2.10. The van der Waals surface area contributed by atoms with Crippen LogP contribution in [0.1, 0.15) is 23.6 Å². The molecule has 0 saturated heterocycles. The van der Waals surface area contributed by atoms with Gasteiger partial charge in [-0.15, -0.1) is 0 Å². The maximum atomic E-state index is 5.50. The Bertz CT molecular complexity index is 505. The molecule has 3 heteroatoms. The molecule has 0 fully saturated rings. The molecule has 0 spiro atoms. The number of nitrogens with zero attached hydrogens (tertiary/aromatic N) is 1. The predicted molar refractivity (Wildman–Crippen MR) is 77.7 cm³/mol. The summed E-state index contributed by atoms with van der Waals surface area (Å²) in [6, 6.07) is 10.6. The van der Waals surface area contributed by atoms with E-state index in [1.54, 1.807) is 0 Å². The van der Waals surface area contributed by atoms with E-state index in [-0.39, 0.29) is 0 Å². The molecule has 19 heavy (non-hydrogen) atoms. The van der Waals surface area contributed by atoms with Crippen LogP contribution in [0.4, 0.5) is 0 Å². The molecule has 0 amide bonds. The second-order valence-electron chi connectivity index (χ2n) is 4.69. The van der Waals surface area contributed by atoms with E-state index in [9.17, 15) is 0 Å². The zero-order chi connectivity index (χ0) is 13.5. The van der Waals surface area contributed by atoms with Gasteiger partial charge in [0.05, 0.1) is 6.61 Å². The summed E-state index contributed by atoms with van der Waals surface area (Å²) < 4.78 is 7.57. The van der Waals surface area contributed by atoms with E-state index in [4.69, 9.17) is 4.74 Å². The maximum absolute atomic E-state index is 5.50. The highest BCUT2D eigenvalue weighted by molar-refractivity contribution is 5.26. The molecular weight excluding hydrogens is 236 g/mol. The second-order valence-corrected chi connectivity index (χ2v) is 4.69. The van der Waals surface area contributed by atoms with Gasteiger partial charge in [-0.2, -0.15) is 0 Å². The summed E-state index contributed by atoms with van der Waals surface area (Å²) in [5, 5.41) is 3.48. The van der Waals surface area contributed by atoms with Crippen molar-refractivity contribution in [2.45, 2.75) is 26.6 Å². The van der Waals surface area contributed by atoms with Gasteiger partial charge in [0.25, 0.3) is 0 Å². The number of benzene rings is 1. The molecule has 3 nitrogen and oxygen atoms in total. The van der Waals surface area contributed by atoms with Crippen molar-refractivity contribution in [1.29, 1.82) is 0 Å². The molecule has 0 radical (unpaired) electrons. The van der Waals surface area contributed by atoms with E-state index >= 15 is 0 Å². The SMILES string of the molecule is CCOCc1ccccc1CNCc1ccn(C)c1. The molecule has 0 aliphatic rings. The lowest BCUT2D eigenvalue weighted by atomic mass is 10.1. The first-order chi connectivity index (χ1) is 9.29. The quantitative estimate of drug-likeness (QED) is 0.826. The Labute approximate surface area is 115 Å². The van der Waals surface area contributed by atoms with Crippen molar-refractivity contribution in [1.82, 2.24) is 9.88 Å². The Kier molecular flexibility index (Phi) is 5.19. The first-order valence-electron chi connectivity index (χ1n) is 6.75. The molecule has 2 rings (SSSR count). The largest absolute Gasteiger partial charge is 0.377 e. The van der Waals surface area contributed by atoms with E-state index < -0.39 is 0 Å². The number of ether oxygens (including phenoxy) is 1. The van der Waals surface area contributed by atoms with Crippen molar-refractivity contribution in [3.63, 3.8) is 0 Å². The molecule has 2 aromatic rings. The summed E-state index contributed by atoms with van der Waals surface area (Å²) >= 11 is 0. The third kappa shape index (κ3) is 4.23. The standard InChI is InChI=1S/C16H22N2O/c1-3-19-13-16-7-5-4-6-15(16)11-17-10-14-8-9-18(2)12-14/h4-9,12,17H,3,10-11,13H2,1-2H3. The molecule has 0 unspecified atom stereocenters. The lowest BCUT2D eigenvalue weighted by Crippen LogP contribution is -2.14. The molecule has 0 bridgehead atoms. The average molecular weight is 258 g/mol. The lowest BCUT2D eigenvalue weighted by molar-refractivity contribution is 0.133. The topological polar surface area (TPSA) is 26.2 Å². The number of hydrogen-bond acceptors (Lipinski definition) is 2. The van der Waals surface area contributed by atoms with E-state index in [0.29, 0.717) is 6.61 Å². The minimum absolute atomic E-state index is 0.694. The Balaban J connectivity index is 1.88. The van der Waals surface area contributed by atoms with E-state index in [0.717, 1.165) is 19.7 Å². The van der Waals surface area contributed by atoms with Crippen molar-refractivity contribution in [3.8, 4) is 0 Å². The van der Waals surface area contributed by atoms with Crippen LogP contribution in [0, 0.1) is 0 Å². The summed E-state index contributed by atoms with van der Waals surface area (Å²) in [4.78, 5) is 0. The molecule has 1 aromatic heterocycles. The molecule has 0 aliphatic heterocycles. The van der Waals surface area contributed by atoms with Crippen LogP contribution in [0.3, 0.4) is 0 Å². The lowest BCUT2D eigenvalue weighted by Gasteiger charge is -2.10. The van der Waals surface area contributed by atoms with Crippen LogP contribution in [-0.2, 0) is 31.5 Å². The van der Waals surface area contributed by atoms with Crippen LogP contribution in [0.25, 0.3) is 0 Å². The molecule has 0 atom stereocenters. The second kappa shape index (κ2) is 7.12. The first-order valence-corrected chi connectivity index (χ1v) is 6.75. The number of hydrogen-bond donors (Lipinski definition) is 1. The van der Waals surface area contributed by atoms with Gasteiger partial charge in [-0.1, -0.05) is 24.3 Å². The zero-order valence-corrected chi connectivity index (χ0v) is 11.7. The fourth-order valence-electron chi connectivity index (χ4n) is 2.09. The highest BCUT2D eigenvalue weighted by Gasteiger charge is 2.01. The molecule has 1 N–H and O–H groups in total. The number of nitrogens with one attached hydrogen (secondary N) is 1. The predicted octanol–water partition coefficient (Wildman–Crippen LogP) is 2.85. The van der Waals surface area contributed by atoms with Gasteiger partial charge in [0, 0.05) is 39.1 Å². The smallest absolute Gasteiger partial charge is 0.0719 e. The van der Waals surface area contributed by atoms with Gasteiger partial charge in [-0.25, -0.2) is 0 Å². The molecule has 1 aromatic carbocycles. The van der Waals surface area contributed by atoms with Crippen LogP contribution >= 0.6 is 0 Å². The molecule has 0 aliphatic carbocycles. The first kappa shape index (κ1) is 13.8. The van der Waals surface area contributed by atoms with Gasteiger partial charge in [0.2, 0.25) is 0 Å². The monoisotopic (exact) mass is 258 g/mol. The van der Waals surface area contributed by atoms with Gasteiger partial charge < -0.3 is 14.6 Å². The van der Waals surface area contributed by atoms with Crippen LogP contribution in [0.2, 0.25) is 0 Å². The minimum atomic E-state index is 0.694. The van der Waals surface area contributed by atoms with Crippen molar-refractivity contribution >= 4 is 0 Å². The molecule has 102 valence electrons. The van der Waals surface area contributed by atoms with Gasteiger partial charge >= 0.3 is 0 Å². The molecule has 0 saturated carbocycles. The van der Waals surface area contributed by atoms with Crippen LogP contribution < -0.4 is 5.32 Å². The van der Waals surface area contributed by atoms with Crippen molar-refractivity contribution in [3.05, 3.63) is 59.4 Å². The maximum Gasteiger partial charge on any atom is 0.0719 e. The average Bonchev–Trinajstić information content (AvgIpc) is 2.83. The number of aromatic nitrogens is 1. The van der Waals surface area contributed by atoms with Crippen molar-refractivity contribution in [2.75, 3.05) is 6.61 Å². The van der Waals surface area contributed by atoms with Crippen molar-refractivity contribution in [2.24, 2.45) is 7.05 Å². The normalized spacial score (nSPS) is 10.8. The summed E-state index contributed by atoms with van der Waals surface area (Å²) in [6.07, 6.45) is 4.21. The summed E-state index contributed by atoms with van der Waals surface area (Å²) in [5.74, 6) is 0. The number of rotatable bonds is 7. The van der Waals surface area contributed by atoms with Crippen LogP contribution in [0.15, 0.2) is 42.7 Å².